The molecule has 0 saturated heterocycles. The van der Waals surface area contributed by atoms with E-state index >= 15 is 0 Å². The van der Waals surface area contributed by atoms with Crippen LogP contribution in [0.5, 0.6) is 0 Å². The average Bonchev–Trinajstić information content (AvgIpc) is 2.55. The molecule has 23 heavy (non-hydrogen) atoms. The SMILES string of the molecule is CCCCC(CC)(COC(N)=O)COC(=O)Nc1ccccc1. The molecule has 1 rings (SSSR count). The number of anilines is 1. The van der Waals surface area contributed by atoms with Gasteiger partial charge in [0.25, 0.3) is 0 Å². The minimum atomic E-state index is -0.812. The van der Waals surface area contributed by atoms with E-state index in [0.29, 0.717) is 5.69 Å². The van der Waals surface area contributed by atoms with Gasteiger partial charge in [-0.05, 0) is 25.0 Å². The van der Waals surface area contributed by atoms with Gasteiger partial charge in [0.2, 0.25) is 0 Å². The lowest BCUT2D eigenvalue weighted by molar-refractivity contribution is 0.0229. The van der Waals surface area contributed by atoms with Crippen molar-refractivity contribution in [2.45, 2.75) is 39.5 Å². The summed E-state index contributed by atoms with van der Waals surface area (Å²) in [4.78, 5) is 22.8. The van der Waals surface area contributed by atoms with Gasteiger partial charge < -0.3 is 15.2 Å². The Hall–Kier alpha value is -2.24. The lowest BCUT2D eigenvalue weighted by Gasteiger charge is -2.31. The molecule has 0 heterocycles. The minimum Gasteiger partial charge on any atom is -0.449 e. The van der Waals surface area contributed by atoms with E-state index in [1.54, 1.807) is 12.1 Å². The van der Waals surface area contributed by atoms with Crippen molar-refractivity contribution in [3.8, 4) is 0 Å². The number of ether oxygens (including phenoxy) is 2. The molecule has 6 heteroatoms. The Labute approximate surface area is 137 Å². The van der Waals surface area contributed by atoms with Crippen molar-refractivity contribution in [3.05, 3.63) is 30.3 Å². The maximum atomic E-state index is 11.9. The van der Waals surface area contributed by atoms with Gasteiger partial charge in [-0.25, -0.2) is 9.59 Å². The summed E-state index contributed by atoms with van der Waals surface area (Å²) in [5.41, 5.74) is 5.32. The molecule has 0 fully saturated rings. The monoisotopic (exact) mass is 322 g/mol. The van der Waals surface area contributed by atoms with Gasteiger partial charge in [-0.15, -0.1) is 0 Å². The first-order chi connectivity index (χ1) is 11.0. The molecule has 6 nitrogen and oxygen atoms in total. The van der Waals surface area contributed by atoms with Crippen molar-refractivity contribution >= 4 is 17.9 Å². The first-order valence-electron chi connectivity index (χ1n) is 7.92. The zero-order valence-electron chi connectivity index (χ0n) is 13.8. The molecule has 1 aromatic carbocycles. The fourth-order valence-electron chi connectivity index (χ4n) is 2.24. The van der Waals surface area contributed by atoms with Gasteiger partial charge in [-0.2, -0.15) is 0 Å². The highest BCUT2D eigenvalue weighted by atomic mass is 16.6. The van der Waals surface area contributed by atoms with Crippen LogP contribution in [-0.4, -0.2) is 25.4 Å². The summed E-state index contributed by atoms with van der Waals surface area (Å²) >= 11 is 0. The number of carbonyl (C=O) groups is 2. The van der Waals surface area contributed by atoms with Gasteiger partial charge in [0.15, 0.2) is 0 Å². The summed E-state index contributed by atoms with van der Waals surface area (Å²) in [6.45, 7) is 4.39. The Morgan fingerprint density at radius 3 is 2.35 bits per heavy atom. The van der Waals surface area contributed by atoms with Crippen molar-refractivity contribution in [1.29, 1.82) is 0 Å². The van der Waals surface area contributed by atoms with Gasteiger partial charge in [0.1, 0.15) is 13.2 Å². The normalized spacial score (nSPS) is 13.0. The second-order valence-electron chi connectivity index (χ2n) is 5.63. The highest BCUT2D eigenvalue weighted by molar-refractivity contribution is 5.84. The Morgan fingerprint density at radius 2 is 1.78 bits per heavy atom. The lowest BCUT2D eigenvalue weighted by Crippen LogP contribution is -2.35. The minimum absolute atomic E-state index is 0.150. The van der Waals surface area contributed by atoms with Crippen molar-refractivity contribution in [2.24, 2.45) is 11.1 Å². The number of benzene rings is 1. The molecule has 3 N–H and O–H groups in total. The maximum Gasteiger partial charge on any atom is 0.411 e. The topological polar surface area (TPSA) is 90.7 Å². The van der Waals surface area contributed by atoms with Gasteiger partial charge in [-0.3, -0.25) is 5.32 Å². The first-order valence-corrected chi connectivity index (χ1v) is 7.92. The van der Waals surface area contributed by atoms with Crippen molar-refractivity contribution in [1.82, 2.24) is 0 Å². The van der Waals surface area contributed by atoms with Crippen LogP contribution in [0.25, 0.3) is 0 Å². The predicted molar refractivity (Wildman–Crippen MR) is 89.2 cm³/mol. The third-order valence-corrected chi connectivity index (χ3v) is 3.86. The van der Waals surface area contributed by atoms with Crippen LogP contribution in [0.2, 0.25) is 0 Å². The van der Waals surface area contributed by atoms with Gasteiger partial charge in [-0.1, -0.05) is 44.9 Å². The third kappa shape index (κ3) is 7.04. The van der Waals surface area contributed by atoms with Crippen LogP contribution in [0.15, 0.2) is 30.3 Å². The number of nitrogens with two attached hydrogens (primary N) is 1. The van der Waals surface area contributed by atoms with E-state index in [2.05, 4.69) is 12.2 Å². The molecule has 1 aromatic rings. The standard InChI is InChI=1S/C17H26N2O4/c1-3-5-11-17(4-2,12-22-15(18)20)13-23-16(21)19-14-9-7-6-8-10-14/h6-10H,3-5,11-13H2,1-2H3,(H2,18,20)(H,19,21). The highest BCUT2D eigenvalue weighted by Gasteiger charge is 2.31. The van der Waals surface area contributed by atoms with E-state index in [9.17, 15) is 9.59 Å². The Bertz CT molecular complexity index is 493. The summed E-state index contributed by atoms with van der Waals surface area (Å²) in [7, 11) is 0. The maximum absolute atomic E-state index is 11.9. The number of hydrogen-bond acceptors (Lipinski definition) is 4. The van der Waals surface area contributed by atoms with E-state index in [0.717, 1.165) is 25.7 Å². The fraction of sp³-hybridized carbons (Fsp3) is 0.529. The summed E-state index contributed by atoms with van der Waals surface area (Å²) in [5, 5.41) is 2.67. The molecule has 2 amide bonds. The van der Waals surface area contributed by atoms with E-state index in [-0.39, 0.29) is 13.2 Å². The average molecular weight is 322 g/mol. The number of primary amides is 1. The van der Waals surface area contributed by atoms with Gasteiger partial charge >= 0.3 is 12.2 Å². The number of amides is 2. The van der Waals surface area contributed by atoms with Gasteiger partial charge in [0.05, 0.1) is 0 Å². The third-order valence-electron chi connectivity index (χ3n) is 3.86. The largest absolute Gasteiger partial charge is 0.449 e. The molecule has 128 valence electrons. The molecule has 0 aromatic heterocycles. The molecular formula is C17H26N2O4. The molecule has 0 aliphatic carbocycles. The van der Waals surface area contributed by atoms with E-state index in [1.807, 2.05) is 25.1 Å². The van der Waals surface area contributed by atoms with Crippen LogP contribution < -0.4 is 11.1 Å². The molecule has 0 aliphatic heterocycles. The smallest absolute Gasteiger partial charge is 0.411 e. The lowest BCUT2D eigenvalue weighted by atomic mass is 9.82. The zero-order chi connectivity index (χ0) is 17.1. The Morgan fingerprint density at radius 1 is 1.13 bits per heavy atom. The van der Waals surface area contributed by atoms with E-state index in [4.69, 9.17) is 15.2 Å². The molecule has 0 aliphatic rings. The number of para-hydroxylation sites is 1. The molecule has 0 saturated carbocycles. The number of nitrogens with one attached hydrogen (secondary N) is 1. The van der Waals surface area contributed by atoms with Crippen LogP contribution in [0.1, 0.15) is 39.5 Å². The molecule has 1 unspecified atom stereocenters. The van der Waals surface area contributed by atoms with Crippen LogP contribution in [-0.2, 0) is 9.47 Å². The van der Waals surface area contributed by atoms with Crippen molar-refractivity contribution in [2.75, 3.05) is 18.5 Å². The number of carbonyl (C=O) groups excluding carboxylic acids is 2. The summed E-state index contributed by atoms with van der Waals surface area (Å²) in [5.74, 6) is 0. The van der Waals surface area contributed by atoms with Crippen LogP contribution in [0.4, 0.5) is 15.3 Å². The summed E-state index contributed by atoms with van der Waals surface area (Å²) in [6.07, 6.45) is 2.15. The molecule has 1 atom stereocenters. The van der Waals surface area contributed by atoms with Gasteiger partial charge in [0, 0.05) is 11.1 Å². The Balaban J connectivity index is 2.60. The second-order valence-corrected chi connectivity index (χ2v) is 5.63. The van der Waals surface area contributed by atoms with Crippen molar-refractivity contribution < 1.29 is 19.1 Å². The first kappa shape index (κ1) is 18.8. The molecular weight excluding hydrogens is 296 g/mol. The zero-order valence-corrected chi connectivity index (χ0v) is 13.8. The number of unbranched alkanes of at least 4 members (excludes halogenated alkanes) is 1. The second kappa shape index (κ2) is 9.71. The van der Waals surface area contributed by atoms with Crippen molar-refractivity contribution in [3.63, 3.8) is 0 Å². The van der Waals surface area contributed by atoms with Crippen LogP contribution >= 0.6 is 0 Å². The quantitative estimate of drug-likeness (QED) is 0.721. The summed E-state index contributed by atoms with van der Waals surface area (Å²) in [6, 6.07) is 9.08. The van der Waals surface area contributed by atoms with E-state index in [1.165, 1.54) is 0 Å². The molecule has 0 radical (unpaired) electrons. The fourth-order valence-corrected chi connectivity index (χ4v) is 2.24. The number of rotatable bonds is 9. The molecule has 0 bridgehead atoms. The van der Waals surface area contributed by atoms with E-state index < -0.39 is 17.6 Å². The van der Waals surface area contributed by atoms with Crippen LogP contribution in [0.3, 0.4) is 0 Å². The predicted octanol–water partition coefficient (Wildman–Crippen LogP) is 3.92. The number of hydrogen-bond donors (Lipinski definition) is 2. The highest BCUT2D eigenvalue weighted by Crippen LogP contribution is 2.30. The molecule has 0 spiro atoms. The Kier molecular flexibility index (Phi) is 7.94. The summed E-state index contributed by atoms with van der Waals surface area (Å²) < 4.78 is 10.3. The van der Waals surface area contributed by atoms with Crippen LogP contribution in [0, 0.1) is 5.41 Å².